The number of hydrogen-bond donors (Lipinski definition) is 0. The summed E-state index contributed by atoms with van der Waals surface area (Å²) in [7, 11) is 4.61. The minimum absolute atomic E-state index is 0.813. The van der Waals surface area contributed by atoms with Gasteiger partial charge in [-0.3, -0.25) is 0 Å². The van der Waals surface area contributed by atoms with Crippen LogP contribution in [0.2, 0.25) is 0 Å². The Bertz CT molecular complexity index is 263. The third-order valence-electron chi connectivity index (χ3n) is 5.19. The molecule has 0 spiro atoms. The summed E-state index contributed by atoms with van der Waals surface area (Å²) < 4.78 is 0. The molecule has 0 saturated carbocycles. The minimum Gasteiger partial charge on any atom is -0.306 e. The lowest BCUT2D eigenvalue weighted by atomic mass is 9.94. The van der Waals surface area contributed by atoms with Crippen LogP contribution in [-0.4, -0.2) is 74.1 Å². The Morgan fingerprint density at radius 3 is 2.15 bits per heavy atom. The molecule has 20 heavy (non-hydrogen) atoms. The van der Waals surface area contributed by atoms with Crippen LogP contribution in [0.4, 0.5) is 0 Å². The summed E-state index contributed by atoms with van der Waals surface area (Å²) in [6.45, 7) is 12.5. The highest BCUT2D eigenvalue weighted by Gasteiger charge is 2.25. The quantitative estimate of drug-likeness (QED) is 0.766. The maximum Gasteiger partial charge on any atom is 0.0117 e. The summed E-state index contributed by atoms with van der Waals surface area (Å²) >= 11 is 0. The second kappa shape index (κ2) is 7.77. The Morgan fingerprint density at radius 1 is 1.00 bits per heavy atom. The summed E-state index contributed by atoms with van der Waals surface area (Å²) in [5.41, 5.74) is 0. The minimum atomic E-state index is 0.813. The molecule has 0 aliphatic carbocycles. The van der Waals surface area contributed by atoms with Gasteiger partial charge in [0.05, 0.1) is 0 Å². The van der Waals surface area contributed by atoms with E-state index in [0.717, 1.165) is 17.9 Å². The van der Waals surface area contributed by atoms with Crippen molar-refractivity contribution < 1.29 is 0 Å². The topological polar surface area (TPSA) is 9.72 Å². The van der Waals surface area contributed by atoms with Gasteiger partial charge in [-0.25, -0.2) is 0 Å². The Hall–Kier alpha value is -0.120. The van der Waals surface area contributed by atoms with Crippen molar-refractivity contribution in [2.45, 2.75) is 45.6 Å². The van der Waals surface area contributed by atoms with Gasteiger partial charge in [-0.1, -0.05) is 13.8 Å². The van der Waals surface area contributed by atoms with E-state index in [9.17, 15) is 0 Å². The number of likely N-dealkylation sites (tertiary alicyclic amines) is 2. The van der Waals surface area contributed by atoms with E-state index in [1.165, 1.54) is 65.0 Å². The molecule has 2 rings (SSSR count). The number of hydrogen-bond acceptors (Lipinski definition) is 3. The standard InChI is InChI=1S/C17H35N3/c1-15(2)13-20-11-5-16(6-12-20)14-19(4)17-7-9-18(3)10-8-17/h15-17H,5-14H2,1-4H3. The number of piperidine rings is 2. The molecule has 2 fully saturated rings. The average molecular weight is 281 g/mol. The monoisotopic (exact) mass is 281 g/mol. The van der Waals surface area contributed by atoms with Crippen LogP contribution in [-0.2, 0) is 0 Å². The zero-order valence-electron chi connectivity index (χ0n) is 14.1. The molecule has 2 aliphatic rings. The van der Waals surface area contributed by atoms with Crippen molar-refractivity contribution in [2.24, 2.45) is 11.8 Å². The van der Waals surface area contributed by atoms with Crippen LogP contribution < -0.4 is 0 Å². The fourth-order valence-electron chi connectivity index (χ4n) is 3.86. The molecule has 0 unspecified atom stereocenters. The molecule has 2 aliphatic heterocycles. The van der Waals surface area contributed by atoms with Crippen LogP contribution in [0.25, 0.3) is 0 Å². The van der Waals surface area contributed by atoms with E-state index in [1.807, 2.05) is 0 Å². The van der Waals surface area contributed by atoms with E-state index >= 15 is 0 Å². The normalized spacial score (nSPS) is 24.9. The molecule has 0 N–H and O–H groups in total. The van der Waals surface area contributed by atoms with Gasteiger partial charge in [0.1, 0.15) is 0 Å². The van der Waals surface area contributed by atoms with Crippen molar-refractivity contribution >= 4 is 0 Å². The van der Waals surface area contributed by atoms with Crippen LogP contribution in [0.15, 0.2) is 0 Å². The zero-order valence-corrected chi connectivity index (χ0v) is 14.1. The molecule has 0 aromatic heterocycles. The number of nitrogens with zero attached hydrogens (tertiary/aromatic N) is 3. The van der Waals surface area contributed by atoms with Crippen LogP contribution in [0.1, 0.15) is 39.5 Å². The summed E-state index contributed by atoms with van der Waals surface area (Å²) in [5, 5.41) is 0. The van der Waals surface area contributed by atoms with Gasteiger partial charge in [-0.05, 0) is 77.8 Å². The molecule has 2 saturated heterocycles. The molecule has 3 heteroatoms. The predicted molar refractivity (Wildman–Crippen MR) is 87.2 cm³/mol. The second-order valence-electron chi connectivity index (χ2n) is 7.61. The lowest BCUT2D eigenvalue weighted by Crippen LogP contribution is -2.45. The molecular formula is C17H35N3. The molecule has 0 aromatic carbocycles. The smallest absolute Gasteiger partial charge is 0.0117 e. The van der Waals surface area contributed by atoms with Crippen molar-refractivity contribution in [3.05, 3.63) is 0 Å². The van der Waals surface area contributed by atoms with Crippen molar-refractivity contribution in [1.82, 2.24) is 14.7 Å². The third kappa shape index (κ3) is 5.01. The third-order valence-corrected chi connectivity index (χ3v) is 5.19. The highest BCUT2D eigenvalue weighted by Crippen LogP contribution is 2.22. The lowest BCUT2D eigenvalue weighted by molar-refractivity contribution is 0.0996. The van der Waals surface area contributed by atoms with Gasteiger partial charge in [0, 0.05) is 19.1 Å². The zero-order chi connectivity index (χ0) is 14.5. The molecule has 3 nitrogen and oxygen atoms in total. The van der Waals surface area contributed by atoms with Gasteiger partial charge in [-0.15, -0.1) is 0 Å². The van der Waals surface area contributed by atoms with Crippen LogP contribution in [0.3, 0.4) is 0 Å². The van der Waals surface area contributed by atoms with Gasteiger partial charge in [-0.2, -0.15) is 0 Å². The number of rotatable bonds is 5. The molecule has 2 heterocycles. The van der Waals surface area contributed by atoms with Crippen molar-refractivity contribution in [3.63, 3.8) is 0 Å². The Labute approximate surface area is 126 Å². The fourth-order valence-corrected chi connectivity index (χ4v) is 3.86. The molecule has 0 bridgehead atoms. The van der Waals surface area contributed by atoms with E-state index in [-0.39, 0.29) is 0 Å². The van der Waals surface area contributed by atoms with Crippen molar-refractivity contribution in [3.8, 4) is 0 Å². The lowest BCUT2D eigenvalue weighted by Gasteiger charge is -2.39. The highest BCUT2D eigenvalue weighted by molar-refractivity contribution is 4.80. The van der Waals surface area contributed by atoms with E-state index in [4.69, 9.17) is 0 Å². The van der Waals surface area contributed by atoms with Gasteiger partial charge < -0.3 is 14.7 Å². The maximum atomic E-state index is 2.66. The highest BCUT2D eigenvalue weighted by atomic mass is 15.2. The first-order valence-corrected chi connectivity index (χ1v) is 8.65. The van der Waals surface area contributed by atoms with Gasteiger partial charge in [0.15, 0.2) is 0 Å². The first kappa shape index (κ1) is 16.3. The summed E-state index contributed by atoms with van der Waals surface area (Å²) in [6.07, 6.45) is 5.53. The Kier molecular flexibility index (Phi) is 6.31. The molecule has 0 atom stereocenters. The predicted octanol–water partition coefficient (Wildman–Crippen LogP) is 2.38. The van der Waals surface area contributed by atoms with E-state index in [1.54, 1.807) is 0 Å². The summed E-state index contributed by atoms with van der Waals surface area (Å²) in [4.78, 5) is 7.79. The van der Waals surface area contributed by atoms with Gasteiger partial charge in [0.2, 0.25) is 0 Å². The van der Waals surface area contributed by atoms with E-state index < -0.39 is 0 Å². The molecule has 118 valence electrons. The summed E-state index contributed by atoms with van der Waals surface area (Å²) in [5.74, 6) is 1.75. The van der Waals surface area contributed by atoms with Gasteiger partial charge >= 0.3 is 0 Å². The average Bonchev–Trinajstić information content (AvgIpc) is 2.41. The first-order chi connectivity index (χ1) is 9.54. The SMILES string of the molecule is CC(C)CN1CCC(CN(C)C2CCN(C)CC2)CC1. The fraction of sp³-hybridized carbons (Fsp3) is 1.00. The largest absolute Gasteiger partial charge is 0.306 e. The van der Waals surface area contributed by atoms with Crippen LogP contribution in [0.5, 0.6) is 0 Å². The van der Waals surface area contributed by atoms with E-state index in [0.29, 0.717) is 0 Å². The maximum absolute atomic E-state index is 2.66. The van der Waals surface area contributed by atoms with Crippen molar-refractivity contribution in [1.29, 1.82) is 0 Å². The molecule has 0 radical (unpaired) electrons. The second-order valence-corrected chi connectivity index (χ2v) is 7.61. The molecule has 0 aromatic rings. The van der Waals surface area contributed by atoms with Gasteiger partial charge in [0.25, 0.3) is 0 Å². The molecule has 0 amide bonds. The molecular weight excluding hydrogens is 246 g/mol. The Balaban J connectivity index is 1.67. The van der Waals surface area contributed by atoms with E-state index in [2.05, 4.69) is 42.6 Å². The summed E-state index contributed by atoms with van der Waals surface area (Å²) in [6, 6.07) is 0.833. The first-order valence-electron chi connectivity index (χ1n) is 8.65. The van der Waals surface area contributed by atoms with Crippen LogP contribution in [0, 0.1) is 11.8 Å². The van der Waals surface area contributed by atoms with Crippen LogP contribution >= 0.6 is 0 Å². The van der Waals surface area contributed by atoms with Crippen molar-refractivity contribution in [2.75, 3.05) is 53.4 Å². The Morgan fingerprint density at radius 2 is 1.60 bits per heavy atom.